The van der Waals surface area contributed by atoms with Crippen molar-refractivity contribution in [3.63, 3.8) is 0 Å². The van der Waals surface area contributed by atoms with Gasteiger partial charge >= 0.3 is 0 Å². The average molecular weight is 503 g/mol. The number of nitrogens with one attached hydrogen (secondary N) is 2. The van der Waals surface area contributed by atoms with E-state index in [0.717, 1.165) is 10.4 Å². The number of hydrogen-bond donors (Lipinski definition) is 2. The first-order valence-electron chi connectivity index (χ1n) is 10.8. The number of nitrogens with zero attached hydrogens (tertiary/aromatic N) is 4. The molecule has 1 aliphatic carbocycles. The molecule has 4 rings (SSSR count). The van der Waals surface area contributed by atoms with Gasteiger partial charge in [-0.3, -0.25) is 14.5 Å². The first-order valence-corrected chi connectivity index (χ1v) is 13.2. The molecule has 0 bridgehead atoms. The van der Waals surface area contributed by atoms with Crippen LogP contribution in [0.1, 0.15) is 44.2 Å². The summed E-state index contributed by atoms with van der Waals surface area (Å²) in [5, 5.41) is 2.75. The molecule has 180 valence electrons. The first-order chi connectivity index (χ1) is 16.1. The molecular formula is C22H26N6O4S2. The van der Waals surface area contributed by atoms with Crippen LogP contribution >= 0.6 is 11.3 Å². The molecule has 0 aromatic carbocycles. The monoisotopic (exact) mass is 502 g/mol. The Hall–Kier alpha value is -3.12. The van der Waals surface area contributed by atoms with Crippen molar-refractivity contribution >= 4 is 38.2 Å². The molecule has 3 aromatic rings. The number of aryl methyl sites for hydroxylation is 1. The van der Waals surface area contributed by atoms with Crippen LogP contribution in [0.5, 0.6) is 5.88 Å². The molecule has 1 aliphatic rings. The number of ether oxygens (including phenoxy) is 1. The van der Waals surface area contributed by atoms with E-state index in [1.54, 1.807) is 44.6 Å². The van der Waals surface area contributed by atoms with E-state index in [4.69, 9.17) is 4.74 Å². The van der Waals surface area contributed by atoms with E-state index in [1.807, 2.05) is 13.8 Å². The number of carbonyl (C=O) groups excluding carboxylic acids is 1. The highest BCUT2D eigenvalue weighted by atomic mass is 32.2. The van der Waals surface area contributed by atoms with E-state index in [-0.39, 0.29) is 16.3 Å². The number of thiazole rings is 1. The molecular weight excluding hydrogens is 476 g/mol. The van der Waals surface area contributed by atoms with Crippen LogP contribution in [-0.2, 0) is 20.2 Å². The maximum absolute atomic E-state index is 13.1. The minimum atomic E-state index is -3.42. The summed E-state index contributed by atoms with van der Waals surface area (Å²) >= 11 is 1.22. The molecule has 1 amide bonds. The smallest absolute Gasteiger partial charge is 0.237 e. The van der Waals surface area contributed by atoms with Gasteiger partial charge in [0.25, 0.3) is 0 Å². The van der Waals surface area contributed by atoms with Gasteiger partial charge < -0.3 is 10.1 Å². The molecule has 12 heteroatoms. The van der Waals surface area contributed by atoms with Crippen LogP contribution in [0.3, 0.4) is 0 Å². The summed E-state index contributed by atoms with van der Waals surface area (Å²) in [4.78, 5) is 31.2. The van der Waals surface area contributed by atoms with E-state index in [1.165, 1.54) is 11.3 Å². The number of pyridine rings is 1. The quantitative estimate of drug-likeness (QED) is 0.454. The van der Waals surface area contributed by atoms with Gasteiger partial charge in [0.1, 0.15) is 5.82 Å². The normalized spacial score (nSPS) is 14.0. The van der Waals surface area contributed by atoms with Gasteiger partial charge in [-0.1, -0.05) is 0 Å². The lowest BCUT2D eigenvalue weighted by atomic mass is 9.87. The van der Waals surface area contributed by atoms with Crippen LogP contribution in [0.4, 0.5) is 10.9 Å². The number of anilines is 2. The summed E-state index contributed by atoms with van der Waals surface area (Å²) < 4.78 is 32.4. The lowest BCUT2D eigenvalue weighted by Crippen LogP contribution is -2.36. The highest BCUT2D eigenvalue weighted by Gasteiger charge is 2.38. The Morgan fingerprint density at radius 2 is 1.97 bits per heavy atom. The Bertz CT molecular complexity index is 1300. The second-order valence-corrected chi connectivity index (χ2v) is 11.6. The second-order valence-electron chi connectivity index (χ2n) is 8.46. The SMILES string of the molecule is CCOc1cncc(-c2ccc(NC(=O)C(C)(C)c3nc(NS(=O)(=O)C4CC4)sc3C)nc2)n1. The molecule has 1 saturated carbocycles. The fourth-order valence-corrected chi connectivity index (χ4v) is 5.86. The molecule has 0 spiro atoms. The van der Waals surface area contributed by atoms with Crippen LogP contribution in [0.2, 0.25) is 0 Å². The minimum absolute atomic E-state index is 0.276. The topological polar surface area (TPSA) is 136 Å². The van der Waals surface area contributed by atoms with E-state index in [0.29, 0.717) is 42.5 Å². The number of sulfonamides is 1. The zero-order valence-electron chi connectivity index (χ0n) is 19.3. The van der Waals surface area contributed by atoms with E-state index in [2.05, 4.69) is 30.0 Å². The van der Waals surface area contributed by atoms with Gasteiger partial charge in [-0.25, -0.2) is 23.4 Å². The predicted octanol–water partition coefficient (Wildman–Crippen LogP) is 3.52. The first kappa shape index (κ1) is 24.0. The van der Waals surface area contributed by atoms with Gasteiger partial charge in [0.05, 0.1) is 41.1 Å². The Balaban J connectivity index is 1.47. The Morgan fingerprint density at radius 1 is 1.21 bits per heavy atom. The Kier molecular flexibility index (Phi) is 6.54. The maximum Gasteiger partial charge on any atom is 0.237 e. The highest BCUT2D eigenvalue weighted by molar-refractivity contribution is 7.93. The van der Waals surface area contributed by atoms with Crippen LogP contribution < -0.4 is 14.8 Å². The lowest BCUT2D eigenvalue weighted by molar-refractivity contribution is -0.120. The van der Waals surface area contributed by atoms with E-state index < -0.39 is 15.4 Å². The van der Waals surface area contributed by atoms with E-state index >= 15 is 0 Å². The van der Waals surface area contributed by atoms with Crippen molar-refractivity contribution in [2.24, 2.45) is 0 Å². The van der Waals surface area contributed by atoms with E-state index in [9.17, 15) is 13.2 Å². The lowest BCUT2D eigenvalue weighted by Gasteiger charge is -2.22. The van der Waals surface area contributed by atoms with Crippen molar-refractivity contribution in [1.29, 1.82) is 0 Å². The largest absolute Gasteiger partial charge is 0.477 e. The molecule has 1 fully saturated rings. The Labute approximate surface area is 202 Å². The fraction of sp³-hybridized carbons (Fsp3) is 0.409. The second kappa shape index (κ2) is 9.26. The molecule has 10 nitrogen and oxygen atoms in total. The third-order valence-corrected chi connectivity index (χ3v) is 8.20. The minimum Gasteiger partial charge on any atom is -0.477 e. The van der Waals surface area contributed by atoms with Crippen molar-refractivity contribution in [3.05, 3.63) is 41.3 Å². The summed E-state index contributed by atoms with van der Waals surface area (Å²) in [6.07, 6.45) is 6.08. The van der Waals surface area contributed by atoms with Crippen LogP contribution in [0, 0.1) is 6.92 Å². The molecule has 34 heavy (non-hydrogen) atoms. The zero-order valence-corrected chi connectivity index (χ0v) is 21.0. The van der Waals surface area contributed by atoms with Gasteiger partial charge in [-0.05, 0) is 52.7 Å². The molecule has 0 saturated heterocycles. The standard InChI is InChI=1S/C22H26N6O4S2/c1-5-32-18-12-23-11-16(25-18)14-6-9-17(24-10-14)26-20(29)22(3,4)19-13(2)33-21(27-19)28-34(30,31)15-7-8-15/h6,9-12,15H,5,7-8H2,1-4H3,(H,27,28)(H,24,26,29). The summed E-state index contributed by atoms with van der Waals surface area (Å²) in [5.74, 6) is 0.491. The van der Waals surface area contributed by atoms with Crippen LogP contribution in [-0.4, -0.2) is 46.1 Å². The molecule has 2 N–H and O–H groups in total. The van der Waals surface area contributed by atoms with Crippen molar-refractivity contribution < 1.29 is 17.9 Å². The number of aromatic nitrogens is 4. The number of carbonyl (C=O) groups is 1. The summed E-state index contributed by atoms with van der Waals surface area (Å²) in [7, 11) is -3.42. The third kappa shape index (κ3) is 5.17. The number of amides is 1. The van der Waals surface area contributed by atoms with Crippen LogP contribution in [0.15, 0.2) is 30.7 Å². The third-order valence-electron chi connectivity index (χ3n) is 5.35. The molecule has 3 aromatic heterocycles. The molecule has 3 heterocycles. The van der Waals surface area contributed by atoms with Gasteiger partial charge in [-0.15, -0.1) is 11.3 Å². The molecule has 0 radical (unpaired) electrons. The highest BCUT2D eigenvalue weighted by Crippen LogP contribution is 2.35. The summed E-state index contributed by atoms with van der Waals surface area (Å²) in [6.45, 7) is 7.67. The van der Waals surface area contributed by atoms with Crippen molar-refractivity contribution in [2.45, 2.75) is 51.2 Å². The number of rotatable bonds is 9. The van der Waals surface area contributed by atoms with Gasteiger partial charge in [-0.2, -0.15) is 0 Å². The molecule has 0 atom stereocenters. The van der Waals surface area contributed by atoms with Crippen LogP contribution in [0.25, 0.3) is 11.3 Å². The molecule has 0 aliphatic heterocycles. The van der Waals surface area contributed by atoms with Crippen molar-refractivity contribution in [3.8, 4) is 17.1 Å². The summed E-state index contributed by atoms with van der Waals surface area (Å²) in [5.41, 5.74) is 0.843. The molecule has 0 unspecified atom stereocenters. The van der Waals surface area contributed by atoms with Crippen molar-refractivity contribution in [2.75, 3.05) is 16.6 Å². The Morgan fingerprint density at radius 3 is 2.62 bits per heavy atom. The summed E-state index contributed by atoms with van der Waals surface area (Å²) in [6, 6.07) is 3.47. The van der Waals surface area contributed by atoms with Gasteiger partial charge in [0, 0.05) is 16.6 Å². The maximum atomic E-state index is 13.1. The predicted molar refractivity (Wildman–Crippen MR) is 131 cm³/mol. The fourth-order valence-electron chi connectivity index (χ4n) is 3.31. The van der Waals surface area contributed by atoms with Gasteiger partial charge in [0.2, 0.25) is 21.8 Å². The zero-order chi connectivity index (χ0) is 24.5. The van der Waals surface area contributed by atoms with Crippen molar-refractivity contribution in [1.82, 2.24) is 19.9 Å². The average Bonchev–Trinajstić information content (AvgIpc) is 3.59. The van der Waals surface area contributed by atoms with Gasteiger partial charge in [0.15, 0.2) is 5.13 Å². The number of hydrogen-bond acceptors (Lipinski definition) is 9.